The highest BCUT2D eigenvalue weighted by Crippen LogP contribution is 2.25. The molecule has 1 aromatic heterocycles. The predicted molar refractivity (Wildman–Crippen MR) is 103 cm³/mol. The number of benzene rings is 1. The molecule has 4 rings (SSSR count). The summed E-state index contributed by atoms with van der Waals surface area (Å²) in [4.78, 5) is 23.9. The number of carbonyl (C=O) groups is 1. The van der Waals surface area contributed by atoms with Crippen LogP contribution in [0.4, 0.5) is 10.8 Å². The number of para-hydroxylation sites is 1. The number of nitrogens with zero attached hydrogens (tertiary/aromatic N) is 4. The molecule has 0 spiro atoms. The summed E-state index contributed by atoms with van der Waals surface area (Å²) in [7, 11) is 0. The molecule has 132 valence electrons. The first-order valence-corrected chi connectivity index (χ1v) is 9.99. The van der Waals surface area contributed by atoms with E-state index in [0.717, 1.165) is 57.2 Å². The molecule has 2 aromatic rings. The minimum atomic E-state index is 0.102. The van der Waals surface area contributed by atoms with Gasteiger partial charge in [0.2, 0.25) is 0 Å². The Labute approximate surface area is 152 Å². The van der Waals surface area contributed by atoms with Gasteiger partial charge in [0.25, 0.3) is 5.91 Å². The zero-order chi connectivity index (χ0) is 17.1. The van der Waals surface area contributed by atoms with E-state index in [-0.39, 0.29) is 5.91 Å². The summed E-state index contributed by atoms with van der Waals surface area (Å²) in [5.41, 5.74) is 1.90. The first kappa shape index (κ1) is 16.4. The van der Waals surface area contributed by atoms with Crippen molar-refractivity contribution in [2.24, 2.45) is 0 Å². The Morgan fingerprint density at radius 2 is 1.56 bits per heavy atom. The van der Waals surface area contributed by atoms with E-state index in [2.05, 4.69) is 45.1 Å². The Balaban J connectivity index is 1.37. The van der Waals surface area contributed by atoms with Crippen LogP contribution in [0.15, 0.2) is 35.7 Å². The van der Waals surface area contributed by atoms with Crippen LogP contribution < -0.4 is 9.80 Å². The van der Waals surface area contributed by atoms with E-state index in [1.54, 1.807) is 11.3 Å². The van der Waals surface area contributed by atoms with E-state index in [4.69, 9.17) is 0 Å². The highest BCUT2D eigenvalue weighted by molar-refractivity contribution is 7.13. The molecule has 0 atom stereocenters. The second kappa shape index (κ2) is 7.44. The topological polar surface area (TPSA) is 39.7 Å². The van der Waals surface area contributed by atoms with Crippen molar-refractivity contribution in [3.8, 4) is 0 Å². The molecule has 2 aliphatic rings. The molecule has 2 fully saturated rings. The fourth-order valence-electron chi connectivity index (χ4n) is 3.56. The molecular weight excluding hydrogens is 332 g/mol. The van der Waals surface area contributed by atoms with Crippen molar-refractivity contribution in [3.05, 3.63) is 41.4 Å². The van der Waals surface area contributed by atoms with E-state index in [9.17, 15) is 4.79 Å². The van der Waals surface area contributed by atoms with Crippen molar-refractivity contribution < 1.29 is 4.79 Å². The van der Waals surface area contributed by atoms with Gasteiger partial charge >= 0.3 is 0 Å². The summed E-state index contributed by atoms with van der Waals surface area (Å²) in [6.45, 7) is 5.61. The number of piperazine rings is 1. The molecule has 1 amide bonds. The number of aromatic nitrogens is 1. The van der Waals surface area contributed by atoms with Crippen molar-refractivity contribution in [1.29, 1.82) is 0 Å². The molecule has 2 aliphatic heterocycles. The van der Waals surface area contributed by atoms with Gasteiger partial charge in [0.15, 0.2) is 5.13 Å². The molecule has 5 nitrogen and oxygen atoms in total. The molecule has 25 heavy (non-hydrogen) atoms. The van der Waals surface area contributed by atoms with Crippen LogP contribution in [-0.4, -0.2) is 55.1 Å². The SMILES string of the molecule is O=C(c1csc(N2CCN(c3ccccc3)CC2)n1)N1CCCCC1. The Morgan fingerprint density at radius 3 is 2.28 bits per heavy atom. The van der Waals surface area contributed by atoms with Crippen LogP contribution in [0.2, 0.25) is 0 Å². The standard InChI is InChI=1S/C19H24N4OS/c24-18(22-9-5-2-6-10-22)17-15-25-19(20-17)23-13-11-21(12-14-23)16-7-3-1-4-8-16/h1,3-4,7-8,15H,2,5-6,9-14H2. The first-order chi connectivity index (χ1) is 12.3. The van der Waals surface area contributed by atoms with Gasteiger partial charge in [-0.25, -0.2) is 4.98 Å². The Kier molecular flexibility index (Phi) is 4.88. The van der Waals surface area contributed by atoms with Gasteiger partial charge in [-0.05, 0) is 31.4 Å². The van der Waals surface area contributed by atoms with Gasteiger partial charge in [-0.2, -0.15) is 0 Å². The smallest absolute Gasteiger partial charge is 0.273 e. The zero-order valence-electron chi connectivity index (χ0n) is 14.4. The monoisotopic (exact) mass is 356 g/mol. The van der Waals surface area contributed by atoms with Gasteiger partial charge in [-0.3, -0.25) is 4.79 Å². The number of piperidine rings is 1. The third-order valence-electron chi connectivity index (χ3n) is 5.03. The van der Waals surface area contributed by atoms with Crippen molar-refractivity contribution in [3.63, 3.8) is 0 Å². The lowest BCUT2D eigenvalue weighted by molar-refractivity contribution is 0.0719. The van der Waals surface area contributed by atoms with E-state index < -0.39 is 0 Å². The predicted octanol–water partition coefficient (Wildman–Crippen LogP) is 3.10. The van der Waals surface area contributed by atoms with Crippen molar-refractivity contribution in [2.75, 3.05) is 49.1 Å². The number of carbonyl (C=O) groups excluding carboxylic acids is 1. The van der Waals surface area contributed by atoms with E-state index in [1.807, 2.05) is 10.3 Å². The number of anilines is 2. The van der Waals surface area contributed by atoms with Gasteiger partial charge in [-0.15, -0.1) is 11.3 Å². The normalized spacial score (nSPS) is 18.5. The van der Waals surface area contributed by atoms with Gasteiger partial charge in [0, 0.05) is 50.3 Å². The van der Waals surface area contributed by atoms with Crippen LogP contribution in [0.5, 0.6) is 0 Å². The van der Waals surface area contributed by atoms with Crippen LogP contribution in [-0.2, 0) is 0 Å². The maximum Gasteiger partial charge on any atom is 0.273 e. The summed E-state index contributed by atoms with van der Waals surface area (Å²) >= 11 is 1.59. The first-order valence-electron chi connectivity index (χ1n) is 9.11. The fourth-order valence-corrected chi connectivity index (χ4v) is 4.41. The lowest BCUT2D eigenvalue weighted by Gasteiger charge is -2.36. The third-order valence-corrected chi connectivity index (χ3v) is 5.93. The second-order valence-corrected chi connectivity index (χ2v) is 7.51. The number of rotatable bonds is 3. The van der Waals surface area contributed by atoms with Crippen LogP contribution in [0.1, 0.15) is 29.8 Å². The molecule has 0 bridgehead atoms. The third kappa shape index (κ3) is 3.63. The average molecular weight is 356 g/mol. The molecule has 0 unspecified atom stereocenters. The molecule has 0 aliphatic carbocycles. The van der Waals surface area contributed by atoms with Crippen molar-refractivity contribution in [2.45, 2.75) is 19.3 Å². The van der Waals surface area contributed by atoms with Crippen molar-refractivity contribution in [1.82, 2.24) is 9.88 Å². The van der Waals surface area contributed by atoms with E-state index in [0.29, 0.717) is 5.69 Å². The summed E-state index contributed by atoms with van der Waals surface area (Å²) in [6, 6.07) is 10.5. The number of hydrogen-bond acceptors (Lipinski definition) is 5. The zero-order valence-corrected chi connectivity index (χ0v) is 15.2. The maximum atomic E-state index is 12.6. The van der Waals surface area contributed by atoms with Crippen LogP contribution >= 0.6 is 11.3 Å². The van der Waals surface area contributed by atoms with Crippen LogP contribution in [0.25, 0.3) is 0 Å². The Morgan fingerprint density at radius 1 is 0.880 bits per heavy atom. The Bertz CT molecular complexity index is 703. The van der Waals surface area contributed by atoms with Gasteiger partial charge < -0.3 is 14.7 Å². The summed E-state index contributed by atoms with van der Waals surface area (Å²) in [5, 5.41) is 2.91. The summed E-state index contributed by atoms with van der Waals surface area (Å²) < 4.78 is 0. The highest BCUT2D eigenvalue weighted by Gasteiger charge is 2.23. The molecule has 2 saturated heterocycles. The highest BCUT2D eigenvalue weighted by atomic mass is 32.1. The van der Waals surface area contributed by atoms with E-state index in [1.165, 1.54) is 12.1 Å². The molecule has 3 heterocycles. The minimum absolute atomic E-state index is 0.102. The lowest BCUT2D eigenvalue weighted by Crippen LogP contribution is -2.46. The largest absolute Gasteiger partial charge is 0.368 e. The van der Waals surface area contributed by atoms with Gasteiger partial charge in [0.05, 0.1) is 0 Å². The van der Waals surface area contributed by atoms with E-state index >= 15 is 0 Å². The fraction of sp³-hybridized carbons (Fsp3) is 0.474. The number of amides is 1. The van der Waals surface area contributed by atoms with Gasteiger partial charge in [0.1, 0.15) is 5.69 Å². The van der Waals surface area contributed by atoms with Gasteiger partial charge in [-0.1, -0.05) is 18.2 Å². The minimum Gasteiger partial charge on any atom is -0.368 e. The lowest BCUT2D eigenvalue weighted by atomic mass is 10.1. The van der Waals surface area contributed by atoms with Crippen molar-refractivity contribution >= 4 is 28.1 Å². The number of likely N-dealkylation sites (tertiary alicyclic amines) is 1. The summed E-state index contributed by atoms with van der Waals surface area (Å²) in [6.07, 6.45) is 3.46. The maximum absolute atomic E-state index is 12.6. The molecule has 0 radical (unpaired) electrons. The molecule has 1 aromatic carbocycles. The quantitative estimate of drug-likeness (QED) is 0.847. The number of thiazole rings is 1. The molecule has 6 heteroatoms. The van der Waals surface area contributed by atoms with Crippen LogP contribution in [0, 0.1) is 0 Å². The molecule has 0 N–H and O–H groups in total. The second-order valence-electron chi connectivity index (χ2n) is 6.68. The number of hydrogen-bond donors (Lipinski definition) is 0. The molecule has 0 saturated carbocycles. The summed E-state index contributed by atoms with van der Waals surface area (Å²) in [5.74, 6) is 0.102. The average Bonchev–Trinajstić information content (AvgIpc) is 3.19. The Hall–Kier alpha value is -2.08. The van der Waals surface area contributed by atoms with Crippen LogP contribution in [0.3, 0.4) is 0 Å². The molecular formula is C19H24N4OS.